The summed E-state index contributed by atoms with van der Waals surface area (Å²) in [5.74, 6) is -0.688. The van der Waals surface area contributed by atoms with Gasteiger partial charge in [0.1, 0.15) is 5.69 Å². The van der Waals surface area contributed by atoms with Gasteiger partial charge in [-0.1, -0.05) is 23.7 Å². The number of aliphatic hydroxyl groups is 1. The summed E-state index contributed by atoms with van der Waals surface area (Å²) in [5.41, 5.74) is 8.26. The first-order valence-electron chi connectivity index (χ1n) is 9.75. The summed E-state index contributed by atoms with van der Waals surface area (Å²) in [6.45, 7) is -0.0343. The zero-order valence-electron chi connectivity index (χ0n) is 16.8. The lowest BCUT2D eigenvalue weighted by molar-refractivity contribution is 0.0993. The number of urea groups is 1. The SMILES string of the molecule is N#Cc1ccc(NC(=O)N2Cc3c(C(N)=O)c(-c4cccc(Cl)c4)nn3C(CO)C2)cc1. The van der Waals surface area contributed by atoms with Gasteiger partial charge in [0.25, 0.3) is 5.91 Å². The summed E-state index contributed by atoms with van der Waals surface area (Å²) in [5, 5.41) is 26.6. The highest BCUT2D eigenvalue weighted by Crippen LogP contribution is 2.32. The van der Waals surface area contributed by atoms with E-state index in [1.54, 1.807) is 53.2 Å². The number of halogens is 1. The van der Waals surface area contributed by atoms with Gasteiger partial charge in [0, 0.05) is 22.8 Å². The van der Waals surface area contributed by atoms with E-state index in [9.17, 15) is 14.7 Å². The molecular weight excluding hydrogens is 432 g/mol. The Morgan fingerprint density at radius 1 is 1.28 bits per heavy atom. The van der Waals surface area contributed by atoms with Crippen LogP contribution in [0.4, 0.5) is 10.5 Å². The highest BCUT2D eigenvalue weighted by molar-refractivity contribution is 6.30. The van der Waals surface area contributed by atoms with Gasteiger partial charge < -0.3 is 21.1 Å². The number of nitrogens with zero attached hydrogens (tertiary/aromatic N) is 4. The Morgan fingerprint density at radius 2 is 2.03 bits per heavy atom. The first kappa shape index (κ1) is 21.4. The van der Waals surface area contributed by atoms with Crippen molar-refractivity contribution >= 4 is 29.2 Å². The third-order valence-corrected chi connectivity index (χ3v) is 5.47. The number of aliphatic hydroxyl groups excluding tert-OH is 1. The first-order chi connectivity index (χ1) is 15.4. The molecule has 9 nitrogen and oxygen atoms in total. The van der Waals surface area contributed by atoms with Crippen LogP contribution < -0.4 is 11.1 Å². The van der Waals surface area contributed by atoms with Crippen molar-refractivity contribution in [3.05, 3.63) is 70.4 Å². The fourth-order valence-corrected chi connectivity index (χ4v) is 3.91. The minimum atomic E-state index is -0.688. The van der Waals surface area contributed by atoms with Crippen molar-refractivity contribution in [3.63, 3.8) is 0 Å². The molecule has 4 rings (SSSR count). The van der Waals surface area contributed by atoms with Crippen LogP contribution in [0, 0.1) is 11.3 Å². The molecular formula is C22H19ClN6O3. The van der Waals surface area contributed by atoms with Gasteiger partial charge in [-0.3, -0.25) is 9.48 Å². The molecule has 0 fully saturated rings. The molecule has 32 heavy (non-hydrogen) atoms. The zero-order valence-corrected chi connectivity index (χ0v) is 17.6. The molecule has 10 heteroatoms. The molecule has 4 N–H and O–H groups in total. The minimum absolute atomic E-state index is 0.0739. The standard InChI is InChI=1S/C22H19ClN6O3/c23-15-3-1-2-14(8-15)20-19(21(25)31)18-11-28(10-17(12-30)29(18)27-20)22(32)26-16-6-4-13(9-24)5-7-16/h1-8,17,30H,10-12H2,(H2,25,31)(H,26,32). The van der Waals surface area contributed by atoms with E-state index < -0.39 is 18.0 Å². The Kier molecular flexibility index (Phi) is 5.81. The molecule has 1 atom stereocenters. The van der Waals surface area contributed by atoms with Crippen molar-refractivity contribution < 1.29 is 14.7 Å². The van der Waals surface area contributed by atoms with Crippen molar-refractivity contribution in [3.8, 4) is 17.3 Å². The normalized spacial score (nSPS) is 15.0. The molecule has 1 aromatic heterocycles. The Morgan fingerprint density at radius 3 is 2.66 bits per heavy atom. The largest absolute Gasteiger partial charge is 0.394 e. The number of nitrogens with two attached hydrogens (primary N) is 1. The van der Waals surface area contributed by atoms with Crippen molar-refractivity contribution in [2.45, 2.75) is 12.6 Å². The number of rotatable bonds is 4. The third kappa shape index (κ3) is 4.01. The molecule has 2 heterocycles. The zero-order chi connectivity index (χ0) is 22.8. The van der Waals surface area contributed by atoms with Crippen LogP contribution in [-0.4, -0.2) is 44.9 Å². The lowest BCUT2D eigenvalue weighted by Gasteiger charge is -2.33. The number of primary amides is 1. The molecule has 0 aliphatic carbocycles. The van der Waals surface area contributed by atoms with Crippen LogP contribution in [0.1, 0.15) is 27.7 Å². The van der Waals surface area contributed by atoms with Crippen LogP contribution in [-0.2, 0) is 6.54 Å². The summed E-state index contributed by atoms with van der Waals surface area (Å²) in [6.07, 6.45) is 0. The molecule has 0 radical (unpaired) electrons. The van der Waals surface area contributed by atoms with E-state index in [1.807, 2.05) is 6.07 Å². The van der Waals surface area contributed by atoms with Crippen LogP contribution in [0.2, 0.25) is 5.02 Å². The van der Waals surface area contributed by atoms with Gasteiger partial charge in [0.15, 0.2) is 0 Å². The van der Waals surface area contributed by atoms with Crippen LogP contribution in [0.5, 0.6) is 0 Å². The summed E-state index contributed by atoms with van der Waals surface area (Å²) in [6, 6.07) is 14.4. The molecule has 3 amide bonds. The number of benzene rings is 2. The minimum Gasteiger partial charge on any atom is -0.394 e. The summed E-state index contributed by atoms with van der Waals surface area (Å²) in [4.78, 5) is 26.7. The Labute approximate surface area is 188 Å². The number of hydrogen-bond donors (Lipinski definition) is 3. The molecule has 1 aliphatic heterocycles. The van der Waals surface area contributed by atoms with E-state index >= 15 is 0 Å². The molecule has 0 spiro atoms. The van der Waals surface area contributed by atoms with E-state index in [0.717, 1.165) is 0 Å². The second-order valence-corrected chi connectivity index (χ2v) is 7.76. The van der Waals surface area contributed by atoms with Gasteiger partial charge in [-0.15, -0.1) is 0 Å². The molecule has 0 saturated heterocycles. The number of carbonyl (C=O) groups excluding carboxylic acids is 2. The molecule has 0 saturated carbocycles. The summed E-state index contributed by atoms with van der Waals surface area (Å²) < 4.78 is 1.56. The number of amides is 3. The summed E-state index contributed by atoms with van der Waals surface area (Å²) in [7, 11) is 0. The lowest BCUT2D eigenvalue weighted by Crippen LogP contribution is -2.44. The molecule has 1 unspecified atom stereocenters. The number of carbonyl (C=O) groups is 2. The van der Waals surface area contributed by atoms with E-state index in [4.69, 9.17) is 22.6 Å². The second-order valence-electron chi connectivity index (χ2n) is 7.33. The number of aromatic nitrogens is 2. The van der Waals surface area contributed by atoms with E-state index in [0.29, 0.717) is 33.2 Å². The first-order valence-corrected chi connectivity index (χ1v) is 10.1. The van der Waals surface area contributed by atoms with Gasteiger partial charge in [0.05, 0.1) is 42.1 Å². The van der Waals surface area contributed by atoms with Gasteiger partial charge in [-0.2, -0.15) is 10.4 Å². The number of fused-ring (bicyclic) bond motifs is 1. The van der Waals surface area contributed by atoms with Gasteiger partial charge in [0.2, 0.25) is 0 Å². The third-order valence-electron chi connectivity index (χ3n) is 5.23. The fourth-order valence-electron chi connectivity index (χ4n) is 3.72. The molecule has 3 aromatic rings. The predicted octanol–water partition coefficient (Wildman–Crippen LogP) is 2.76. The number of hydrogen-bond acceptors (Lipinski definition) is 5. The highest BCUT2D eigenvalue weighted by atomic mass is 35.5. The number of nitrogens with one attached hydrogen (secondary N) is 1. The van der Waals surface area contributed by atoms with Crippen LogP contribution in [0.25, 0.3) is 11.3 Å². The fraction of sp³-hybridized carbons (Fsp3) is 0.182. The van der Waals surface area contributed by atoms with Crippen molar-refractivity contribution in [2.24, 2.45) is 5.73 Å². The van der Waals surface area contributed by atoms with Crippen LogP contribution in [0.3, 0.4) is 0 Å². The number of anilines is 1. The topological polar surface area (TPSA) is 137 Å². The van der Waals surface area contributed by atoms with Gasteiger partial charge >= 0.3 is 6.03 Å². The Balaban J connectivity index is 1.68. The number of nitriles is 1. The predicted molar refractivity (Wildman–Crippen MR) is 118 cm³/mol. The van der Waals surface area contributed by atoms with Gasteiger partial charge in [-0.05, 0) is 36.4 Å². The highest BCUT2D eigenvalue weighted by Gasteiger charge is 2.34. The molecule has 0 bridgehead atoms. The monoisotopic (exact) mass is 450 g/mol. The Hall–Kier alpha value is -3.87. The smallest absolute Gasteiger partial charge is 0.322 e. The second kappa shape index (κ2) is 8.70. The lowest BCUT2D eigenvalue weighted by atomic mass is 10.0. The van der Waals surface area contributed by atoms with Crippen molar-refractivity contribution in [1.82, 2.24) is 14.7 Å². The molecule has 162 valence electrons. The quantitative estimate of drug-likeness (QED) is 0.561. The van der Waals surface area contributed by atoms with Crippen molar-refractivity contribution in [1.29, 1.82) is 5.26 Å². The Bertz CT molecular complexity index is 1230. The van der Waals surface area contributed by atoms with E-state index in [2.05, 4.69) is 10.4 Å². The van der Waals surface area contributed by atoms with E-state index in [1.165, 1.54) is 4.90 Å². The van der Waals surface area contributed by atoms with E-state index in [-0.39, 0.29) is 25.3 Å². The molecule has 2 aromatic carbocycles. The van der Waals surface area contributed by atoms with Crippen molar-refractivity contribution in [2.75, 3.05) is 18.5 Å². The van der Waals surface area contributed by atoms with Crippen LogP contribution >= 0.6 is 11.6 Å². The average molecular weight is 451 g/mol. The average Bonchev–Trinajstić information content (AvgIpc) is 3.19. The maximum Gasteiger partial charge on any atom is 0.322 e. The maximum absolute atomic E-state index is 12.9. The maximum atomic E-state index is 12.9. The summed E-state index contributed by atoms with van der Waals surface area (Å²) >= 11 is 6.10. The van der Waals surface area contributed by atoms with Crippen LogP contribution in [0.15, 0.2) is 48.5 Å². The van der Waals surface area contributed by atoms with Gasteiger partial charge in [-0.25, -0.2) is 4.79 Å². The molecule has 1 aliphatic rings.